The van der Waals surface area contributed by atoms with Crippen LogP contribution in [-0.2, 0) is 14.3 Å². The Bertz CT molecular complexity index is 1890. The molecule has 0 radical (unpaired) electrons. The average molecular weight is 793 g/mol. The van der Waals surface area contributed by atoms with Gasteiger partial charge in [-0.25, -0.2) is 22.8 Å². The number of anilines is 3. The first-order chi connectivity index (χ1) is 23.5. The summed E-state index contributed by atoms with van der Waals surface area (Å²) in [6.07, 6.45) is -2.90. The summed E-state index contributed by atoms with van der Waals surface area (Å²) < 4.78 is 59.2. The van der Waals surface area contributed by atoms with Gasteiger partial charge in [0.15, 0.2) is 11.6 Å². The van der Waals surface area contributed by atoms with Crippen LogP contribution in [-0.4, -0.2) is 46.6 Å². The Hall–Kier alpha value is -3.91. The number of hydrogen-bond acceptors (Lipinski definition) is 7. The smallest absolute Gasteiger partial charge is 0.424 e. The number of nitrogens with zero attached hydrogens (tertiary/aromatic N) is 1. The molecule has 17 heteroatoms. The predicted molar refractivity (Wildman–Crippen MR) is 188 cm³/mol. The monoisotopic (exact) mass is 791 g/mol. The van der Waals surface area contributed by atoms with Gasteiger partial charge < -0.3 is 24.8 Å². The van der Waals surface area contributed by atoms with Gasteiger partial charge in [0, 0.05) is 11.6 Å². The van der Waals surface area contributed by atoms with Gasteiger partial charge >= 0.3 is 12.2 Å². The lowest BCUT2D eigenvalue weighted by Crippen LogP contribution is -2.44. The van der Waals surface area contributed by atoms with E-state index in [2.05, 4.69) is 10.6 Å². The molecule has 0 bridgehead atoms. The molecule has 4 rings (SSSR count). The molecule has 3 aromatic rings. The highest BCUT2D eigenvalue weighted by molar-refractivity contribution is 6.53. The average Bonchev–Trinajstić information content (AvgIpc) is 3.57. The number of alkyl halides is 2. The van der Waals surface area contributed by atoms with Crippen LogP contribution in [0, 0.1) is 23.4 Å². The number of amides is 4. The first-order valence-electron chi connectivity index (χ1n) is 15.0. The number of benzene rings is 3. The van der Waals surface area contributed by atoms with Gasteiger partial charge in [-0.3, -0.25) is 9.59 Å². The van der Waals surface area contributed by atoms with Crippen LogP contribution in [0.2, 0.25) is 10.0 Å². The molecule has 0 heterocycles. The van der Waals surface area contributed by atoms with Gasteiger partial charge in [0.25, 0.3) is 5.91 Å². The summed E-state index contributed by atoms with van der Waals surface area (Å²) in [5.41, 5.74) is -4.15. The molecule has 4 amide bonds. The summed E-state index contributed by atoms with van der Waals surface area (Å²) >= 11 is 25.1. The molecule has 3 aromatic carbocycles. The molecular formula is C34H32Cl4F3N3O7. The van der Waals surface area contributed by atoms with Gasteiger partial charge in [-0.1, -0.05) is 29.3 Å². The van der Waals surface area contributed by atoms with Crippen molar-refractivity contribution in [1.82, 2.24) is 0 Å². The molecule has 1 fully saturated rings. The third kappa shape index (κ3) is 8.94. The van der Waals surface area contributed by atoms with Crippen LogP contribution in [0.15, 0.2) is 42.5 Å². The van der Waals surface area contributed by atoms with Crippen molar-refractivity contribution in [1.29, 1.82) is 0 Å². The van der Waals surface area contributed by atoms with E-state index < -0.39 is 80.2 Å². The second-order valence-corrected chi connectivity index (χ2v) is 15.6. The Morgan fingerprint density at radius 3 is 1.90 bits per heavy atom. The van der Waals surface area contributed by atoms with Gasteiger partial charge in [0.1, 0.15) is 32.8 Å². The Morgan fingerprint density at radius 1 is 0.804 bits per heavy atom. The first kappa shape index (κ1) is 39.9. The van der Waals surface area contributed by atoms with Crippen LogP contribution in [0.4, 0.5) is 39.8 Å². The van der Waals surface area contributed by atoms with Crippen molar-refractivity contribution in [3.05, 3.63) is 81.1 Å². The molecule has 2 N–H and O–H groups in total. The van der Waals surface area contributed by atoms with Gasteiger partial charge in [0.2, 0.25) is 5.91 Å². The molecule has 2 atom stereocenters. The van der Waals surface area contributed by atoms with Gasteiger partial charge in [-0.2, -0.15) is 4.90 Å². The number of carbonyl (C=O) groups excluding carboxylic acids is 4. The number of imide groups is 1. The molecule has 1 aliphatic carbocycles. The number of rotatable bonds is 7. The maximum atomic E-state index is 16.1. The molecule has 2 unspecified atom stereocenters. The molecule has 10 nitrogen and oxygen atoms in total. The Balaban J connectivity index is 1.66. The van der Waals surface area contributed by atoms with E-state index in [1.54, 1.807) is 0 Å². The van der Waals surface area contributed by atoms with Gasteiger partial charge in [-0.05, 0) is 83.5 Å². The normalized spacial score (nSPS) is 16.5. The van der Waals surface area contributed by atoms with Crippen LogP contribution in [0.1, 0.15) is 63.4 Å². The van der Waals surface area contributed by atoms with Crippen molar-refractivity contribution >= 4 is 87.5 Å². The van der Waals surface area contributed by atoms with E-state index in [-0.39, 0.29) is 31.9 Å². The Kier molecular flexibility index (Phi) is 11.4. The zero-order valence-electron chi connectivity index (χ0n) is 28.1. The van der Waals surface area contributed by atoms with E-state index in [0.29, 0.717) is 11.6 Å². The van der Waals surface area contributed by atoms with Crippen molar-refractivity contribution in [3.63, 3.8) is 0 Å². The third-order valence-corrected chi connectivity index (χ3v) is 8.60. The molecule has 0 saturated heterocycles. The lowest BCUT2D eigenvalue weighted by atomic mass is 10.1. The highest BCUT2D eigenvalue weighted by Gasteiger charge is 2.67. The SMILES string of the molecule is COc1c(Cl)cc(NC(=O)C2C(c3ccc(F)c(Cl)c3)C2(Cl)Cl)cc1C(=O)Nc1ccc(F)c(N(C(=O)OC(C)(C)C)C(=O)OC(C)(C)C)c1F. The fraction of sp³-hybridized carbons (Fsp3) is 0.353. The molecule has 274 valence electrons. The summed E-state index contributed by atoms with van der Waals surface area (Å²) in [6.45, 7) is 8.85. The molecule has 51 heavy (non-hydrogen) atoms. The molecule has 1 saturated carbocycles. The van der Waals surface area contributed by atoms with E-state index in [9.17, 15) is 23.6 Å². The fourth-order valence-electron chi connectivity index (χ4n) is 4.94. The fourth-order valence-corrected chi connectivity index (χ4v) is 6.25. The molecule has 1 aliphatic rings. The second kappa shape index (κ2) is 14.6. The number of methoxy groups -OCH3 is 1. The van der Waals surface area contributed by atoms with Crippen LogP contribution < -0.4 is 20.3 Å². The van der Waals surface area contributed by atoms with Crippen LogP contribution in [0.5, 0.6) is 5.75 Å². The van der Waals surface area contributed by atoms with Gasteiger partial charge in [0.05, 0.1) is 34.3 Å². The maximum absolute atomic E-state index is 16.1. The summed E-state index contributed by atoms with van der Waals surface area (Å²) in [4.78, 5) is 53.1. The van der Waals surface area contributed by atoms with E-state index in [4.69, 9.17) is 60.6 Å². The molecule has 0 aliphatic heterocycles. The van der Waals surface area contributed by atoms with Crippen LogP contribution in [0.3, 0.4) is 0 Å². The van der Waals surface area contributed by atoms with Crippen molar-refractivity contribution in [3.8, 4) is 5.75 Å². The van der Waals surface area contributed by atoms with Crippen molar-refractivity contribution in [2.75, 3.05) is 22.6 Å². The summed E-state index contributed by atoms with van der Waals surface area (Å²) in [5.74, 6) is -7.27. The van der Waals surface area contributed by atoms with E-state index >= 15 is 8.78 Å². The van der Waals surface area contributed by atoms with E-state index in [0.717, 1.165) is 18.2 Å². The minimum absolute atomic E-state index is 0.0239. The largest absolute Gasteiger partial charge is 0.494 e. The summed E-state index contributed by atoms with van der Waals surface area (Å²) in [5, 5.41) is 4.48. The standard InChI is InChI=1S/C34H32Cl4F3N3O7/c1-32(2,3)50-30(47)44(31(48)51-33(4,5)6)26-21(40)10-11-22(25(26)41)43-28(45)17-13-16(14-19(36)27(17)49-7)42-29(46)24-23(34(24,37)38)15-8-9-20(39)18(35)12-15/h8-14,23-24H,1-7H3,(H,42,46)(H,43,45). The van der Waals surface area contributed by atoms with Crippen molar-refractivity contribution in [2.45, 2.75) is 63.0 Å². The number of ether oxygens (including phenoxy) is 3. The topological polar surface area (TPSA) is 123 Å². The minimum atomic E-state index is -1.58. The highest BCUT2D eigenvalue weighted by atomic mass is 35.5. The number of hydrogen-bond donors (Lipinski definition) is 2. The lowest BCUT2D eigenvalue weighted by Gasteiger charge is -2.29. The lowest BCUT2D eigenvalue weighted by molar-refractivity contribution is -0.117. The zero-order chi connectivity index (χ0) is 38.4. The predicted octanol–water partition coefficient (Wildman–Crippen LogP) is 9.87. The zero-order valence-corrected chi connectivity index (χ0v) is 31.2. The van der Waals surface area contributed by atoms with Crippen LogP contribution in [0.25, 0.3) is 0 Å². The van der Waals surface area contributed by atoms with E-state index in [1.165, 1.54) is 66.9 Å². The van der Waals surface area contributed by atoms with E-state index in [1.807, 2.05) is 0 Å². The van der Waals surface area contributed by atoms with Crippen molar-refractivity contribution < 1.29 is 46.6 Å². The molecule has 0 aromatic heterocycles. The van der Waals surface area contributed by atoms with Gasteiger partial charge in [-0.15, -0.1) is 23.2 Å². The summed E-state index contributed by atoms with van der Waals surface area (Å²) in [7, 11) is 1.20. The Labute approximate surface area is 311 Å². The quantitative estimate of drug-likeness (QED) is 0.228. The maximum Gasteiger partial charge on any atom is 0.424 e. The molecule has 0 spiro atoms. The number of halogens is 7. The number of nitrogens with one attached hydrogen (secondary N) is 2. The third-order valence-electron chi connectivity index (χ3n) is 7.09. The minimum Gasteiger partial charge on any atom is -0.494 e. The van der Waals surface area contributed by atoms with Crippen LogP contribution >= 0.6 is 46.4 Å². The molecular weight excluding hydrogens is 761 g/mol. The van der Waals surface area contributed by atoms with Crippen molar-refractivity contribution in [2.24, 2.45) is 5.92 Å². The summed E-state index contributed by atoms with van der Waals surface area (Å²) in [6, 6.07) is 7.80. The number of carbonyl (C=O) groups is 4. The second-order valence-electron chi connectivity index (χ2n) is 13.3. The first-order valence-corrected chi connectivity index (χ1v) is 16.5. The Morgan fingerprint density at radius 2 is 1.37 bits per heavy atom. The highest BCUT2D eigenvalue weighted by Crippen LogP contribution is 2.65.